The number of rotatable bonds is 23. The lowest BCUT2D eigenvalue weighted by Crippen LogP contribution is -2.49. The van der Waals surface area contributed by atoms with E-state index in [1.165, 1.54) is 103 Å². The minimum absolute atomic E-state index is 0.330. The van der Waals surface area contributed by atoms with Crippen LogP contribution in [-0.2, 0) is 9.53 Å². The van der Waals surface area contributed by atoms with Crippen molar-refractivity contribution in [3.63, 3.8) is 0 Å². The molecular weight excluding hydrogens is 396 g/mol. The first-order valence-corrected chi connectivity index (χ1v) is 14.2. The quantitative estimate of drug-likeness (QED) is 0.120. The summed E-state index contributed by atoms with van der Waals surface area (Å²) in [5.41, 5.74) is 0. The maximum absolute atomic E-state index is 11.8. The molecule has 0 bridgehead atoms. The lowest BCUT2D eigenvalue weighted by atomic mass is 10.0. The summed E-state index contributed by atoms with van der Waals surface area (Å²) in [4.78, 5) is 13.8. The Balaban J connectivity index is 1.75. The first-order chi connectivity index (χ1) is 15.5. The van der Waals surface area contributed by atoms with Gasteiger partial charge in [0.05, 0.1) is 27.2 Å². The molecule has 0 atom stereocenters. The SMILES string of the molecule is CCCCCCCCCCCCCCCCCCOCCC[N+](C)(C)CN1CCCC1=O. The highest BCUT2D eigenvalue weighted by molar-refractivity contribution is 5.77. The summed E-state index contributed by atoms with van der Waals surface area (Å²) in [6, 6.07) is 0. The largest absolute Gasteiger partial charge is 0.381 e. The molecule has 0 saturated carbocycles. The molecule has 0 unspecified atom stereocenters. The summed E-state index contributed by atoms with van der Waals surface area (Å²) in [6.45, 7) is 6.92. The molecule has 1 saturated heterocycles. The molecule has 4 nitrogen and oxygen atoms in total. The second kappa shape index (κ2) is 19.8. The molecule has 0 aromatic rings. The van der Waals surface area contributed by atoms with Crippen LogP contribution in [0.4, 0.5) is 0 Å². The molecule has 1 aliphatic heterocycles. The number of hydrogen-bond donors (Lipinski definition) is 0. The monoisotopic (exact) mass is 453 g/mol. The van der Waals surface area contributed by atoms with Crippen LogP contribution < -0.4 is 0 Å². The number of unbranched alkanes of at least 4 members (excludes halogenated alkanes) is 15. The standard InChI is InChI=1S/C28H57N2O2/c1-4-5-6-7-8-9-10-11-12-13-14-15-16-17-18-19-25-32-26-21-24-30(2,3)27-29-23-20-22-28(29)31/h4-27H2,1-3H3/q+1. The Kier molecular flexibility index (Phi) is 18.2. The van der Waals surface area contributed by atoms with Gasteiger partial charge >= 0.3 is 0 Å². The van der Waals surface area contributed by atoms with Gasteiger partial charge < -0.3 is 9.22 Å². The fourth-order valence-electron chi connectivity index (χ4n) is 4.84. The molecule has 190 valence electrons. The molecule has 1 aliphatic rings. The Labute approximate surface area is 201 Å². The average Bonchev–Trinajstić information content (AvgIpc) is 3.16. The van der Waals surface area contributed by atoms with Crippen LogP contribution in [0.1, 0.15) is 129 Å². The molecule has 0 N–H and O–H groups in total. The van der Waals surface area contributed by atoms with E-state index in [1.54, 1.807) is 0 Å². The third-order valence-corrected chi connectivity index (χ3v) is 6.92. The van der Waals surface area contributed by atoms with E-state index < -0.39 is 0 Å². The van der Waals surface area contributed by atoms with Gasteiger partial charge in [0.2, 0.25) is 5.91 Å². The second-order valence-corrected chi connectivity index (χ2v) is 10.8. The molecule has 0 aromatic carbocycles. The van der Waals surface area contributed by atoms with E-state index in [-0.39, 0.29) is 0 Å². The Morgan fingerprint density at radius 2 is 1.19 bits per heavy atom. The van der Waals surface area contributed by atoms with E-state index in [9.17, 15) is 4.79 Å². The predicted molar refractivity (Wildman–Crippen MR) is 138 cm³/mol. The highest BCUT2D eigenvalue weighted by Gasteiger charge is 2.26. The van der Waals surface area contributed by atoms with Gasteiger partial charge in [0.25, 0.3) is 0 Å². The zero-order valence-corrected chi connectivity index (χ0v) is 22.2. The lowest BCUT2D eigenvalue weighted by molar-refractivity contribution is -0.899. The summed E-state index contributed by atoms with van der Waals surface area (Å²) < 4.78 is 6.73. The van der Waals surface area contributed by atoms with Crippen molar-refractivity contribution in [3.05, 3.63) is 0 Å². The molecule has 1 heterocycles. The summed E-state index contributed by atoms with van der Waals surface area (Å²) in [7, 11) is 4.45. The first-order valence-electron chi connectivity index (χ1n) is 14.2. The second-order valence-electron chi connectivity index (χ2n) is 10.8. The number of carbonyl (C=O) groups excluding carboxylic acids is 1. The van der Waals surface area contributed by atoms with Crippen molar-refractivity contribution in [2.45, 2.75) is 129 Å². The zero-order chi connectivity index (χ0) is 23.3. The summed E-state index contributed by atoms with van der Waals surface area (Å²) in [5, 5.41) is 0. The third kappa shape index (κ3) is 16.9. The van der Waals surface area contributed by atoms with Crippen molar-refractivity contribution in [1.29, 1.82) is 0 Å². The van der Waals surface area contributed by atoms with Crippen LogP contribution in [0.15, 0.2) is 0 Å². The van der Waals surface area contributed by atoms with Crippen LogP contribution in [-0.4, -0.2) is 62.4 Å². The highest BCUT2D eigenvalue weighted by atomic mass is 16.5. The van der Waals surface area contributed by atoms with E-state index in [0.29, 0.717) is 5.91 Å². The molecule has 4 heteroatoms. The van der Waals surface area contributed by atoms with Gasteiger partial charge in [-0.25, -0.2) is 0 Å². The number of likely N-dealkylation sites (tertiary alicyclic amines) is 1. The summed E-state index contributed by atoms with van der Waals surface area (Å²) >= 11 is 0. The molecule has 0 spiro atoms. The van der Waals surface area contributed by atoms with Gasteiger partial charge in [0.1, 0.15) is 0 Å². The summed E-state index contributed by atoms with van der Waals surface area (Å²) in [6.07, 6.45) is 25.4. The van der Waals surface area contributed by atoms with Crippen LogP contribution in [0.25, 0.3) is 0 Å². The number of hydrogen-bond acceptors (Lipinski definition) is 2. The van der Waals surface area contributed by atoms with Gasteiger partial charge in [-0.15, -0.1) is 0 Å². The van der Waals surface area contributed by atoms with E-state index in [1.807, 2.05) is 4.90 Å². The Morgan fingerprint density at radius 3 is 1.66 bits per heavy atom. The summed E-state index contributed by atoms with van der Waals surface area (Å²) in [5.74, 6) is 0.330. The van der Waals surface area contributed by atoms with Crippen molar-refractivity contribution in [2.24, 2.45) is 0 Å². The fraction of sp³-hybridized carbons (Fsp3) is 0.964. The Morgan fingerprint density at radius 1 is 0.719 bits per heavy atom. The molecule has 0 aromatic heterocycles. The van der Waals surface area contributed by atoms with Crippen molar-refractivity contribution in [1.82, 2.24) is 4.90 Å². The van der Waals surface area contributed by atoms with Crippen LogP contribution in [0.2, 0.25) is 0 Å². The van der Waals surface area contributed by atoms with Gasteiger partial charge in [-0.05, 0) is 12.8 Å². The maximum Gasteiger partial charge on any atom is 0.226 e. The van der Waals surface area contributed by atoms with E-state index >= 15 is 0 Å². The molecule has 1 rings (SSSR count). The third-order valence-electron chi connectivity index (χ3n) is 6.92. The molecule has 0 aliphatic carbocycles. The van der Waals surface area contributed by atoms with Gasteiger partial charge in [-0.2, -0.15) is 0 Å². The minimum Gasteiger partial charge on any atom is -0.381 e. The molecule has 0 radical (unpaired) electrons. The van der Waals surface area contributed by atoms with Crippen LogP contribution in [0.3, 0.4) is 0 Å². The minimum atomic E-state index is 0.330. The number of amides is 1. The molecule has 32 heavy (non-hydrogen) atoms. The van der Waals surface area contributed by atoms with E-state index in [0.717, 1.165) is 56.7 Å². The van der Waals surface area contributed by atoms with Gasteiger partial charge in [-0.1, -0.05) is 103 Å². The number of carbonyl (C=O) groups is 1. The van der Waals surface area contributed by atoms with E-state index in [4.69, 9.17) is 4.74 Å². The first kappa shape index (κ1) is 29.4. The fourth-order valence-corrected chi connectivity index (χ4v) is 4.84. The Hall–Kier alpha value is -0.610. The van der Waals surface area contributed by atoms with Crippen molar-refractivity contribution < 1.29 is 14.0 Å². The van der Waals surface area contributed by atoms with Crippen LogP contribution in [0.5, 0.6) is 0 Å². The maximum atomic E-state index is 11.8. The molecule has 1 amide bonds. The smallest absolute Gasteiger partial charge is 0.226 e. The van der Waals surface area contributed by atoms with Crippen LogP contribution in [0, 0.1) is 0 Å². The van der Waals surface area contributed by atoms with Gasteiger partial charge in [0.15, 0.2) is 6.67 Å². The van der Waals surface area contributed by atoms with Crippen molar-refractivity contribution >= 4 is 5.91 Å². The topological polar surface area (TPSA) is 29.5 Å². The normalized spacial score (nSPS) is 14.6. The highest BCUT2D eigenvalue weighted by Crippen LogP contribution is 2.14. The van der Waals surface area contributed by atoms with E-state index in [2.05, 4.69) is 21.0 Å². The Bertz CT molecular complexity index is 439. The van der Waals surface area contributed by atoms with Gasteiger partial charge in [0, 0.05) is 26.0 Å². The predicted octanol–water partition coefficient (Wildman–Crippen LogP) is 7.31. The van der Waals surface area contributed by atoms with Crippen molar-refractivity contribution in [2.75, 3.05) is 47.1 Å². The molecule has 1 fully saturated rings. The lowest BCUT2D eigenvalue weighted by Gasteiger charge is -2.33. The van der Waals surface area contributed by atoms with Crippen molar-refractivity contribution in [3.8, 4) is 0 Å². The number of nitrogens with zero attached hydrogens (tertiary/aromatic N) is 2. The zero-order valence-electron chi connectivity index (χ0n) is 22.2. The number of ether oxygens (including phenoxy) is 1. The number of quaternary nitrogens is 1. The molecular formula is C28H57N2O2+. The van der Waals surface area contributed by atoms with Crippen LogP contribution >= 0.6 is 0 Å². The average molecular weight is 454 g/mol. The van der Waals surface area contributed by atoms with Gasteiger partial charge in [-0.3, -0.25) is 9.69 Å².